The molecule has 0 aromatic heterocycles. The molecule has 19 heavy (non-hydrogen) atoms. The maximum Gasteiger partial charge on any atom is 0.407 e. The first kappa shape index (κ1) is 12.8. The first-order valence-electron chi connectivity index (χ1n) is 6.63. The van der Waals surface area contributed by atoms with Crippen molar-refractivity contribution in [2.24, 2.45) is 0 Å². The molecule has 2 heterocycles. The van der Waals surface area contributed by atoms with Gasteiger partial charge >= 0.3 is 6.09 Å². The van der Waals surface area contributed by atoms with Crippen molar-refractivity contribution in [1.82, 2.24) is 9.80 Å². The number of likely N-dealkylation sites (tertiary alicyclic amines) is 1. The second kappa shape index (κ2) is 5.02. The maximum absolute atomic E-state index is 10.9. The largest absolute Gasteiger partial charge is 0.465 e. The lowest BCUT2D eigenvalue weighted by atomic mass is 10.0. The average Bonchev–Trinajstić information content (AvgIpc) is 2.81. The standard InChI is InChI=1S/C14H17ClN2O2/c15-12-2-1-10-8-17(9-11(10)7-12)13-3-5-16(6-4-13)14(18)19/h1-2,7,13H,3-6,8-9H2,(H,18,19). The number of fused-ring (bicyclic) bond motifs is 1. The van der Waals surface area contributed by atoms with E-state index >= 15 is 0 Å². The molecule has 1 aromatic carbocycles. The van der Waals surface area contributed by atoms with E-state index in [4.69, 9.17) is 16.7 Å². The van der Waals surface area contributed by atoms with Gasteiger partial charge < -0.3 is 10.0 Å². The van der Waals surface area contributed by atoms with Crippen LogP contribution in [0.3, 0.4) is 0 Å². The van der Waals surface area contributed by atoms with Crippen LogP contribution in [0.4, 0.5) is 4.79 Å². The zero-order chi connectivity index (χ0) is 13.4. The molecule has 0 spiro atoms. The molecular formula is C14H17ClN2O2. The molecule has 102 valence electrons. The number of amides is 1. The lowest BCUT2D eigenvalue weighted by molar-refractivity contribution is 0.0938. The smallest absolute Gasteiger partial charge is 0.407 e. The predicted molar refractivity (Wildman–Crippen MR) is 73.3 cm³/mol. The van der Waals surface area contributed by atoms with E-state index in [-0.39, 0.29) is 0 Å². The zero-order valence-electron chi connectivity index (χ0n) is 10.7. The van der Waals surface area contributed by atoms with Gasteiger partial charge in [0.05, 0.1) is 0 Å². The van der Waals surface area contributed by atoms with E-state index in [1.54, 1.807) is 0 Å². The molecule has 3 rings (SSSR count). The summed E-state index contributed by atoms with van der Waals surface area (Å²) in [6, 6.07) is 6.58. The lowest BCUT2D eigenvalue weighted by Gasteiger charge is -2.35. The van der Waals surface area contributed by atoms with E-state index in [2.05, 4.69) is 11.0 Å². The van der Waals surface area contributed by atoms with Crippen LogP contribution in [-0.2, 0) is 13.1 Å². The summed E-state index contributed by atoms with van der Waals surface area (Å²) in [6.07, 6.45) is 1.05. The summed E-state index contributed by atoms with van der Waals surface area (Å²) < 4.78 is 0. The Morgan fingerprint density at radius 1 is 1.21 bits per heavy atom. The van der Waals surface area contributed by atoms with E-state index < -0.39 is 6.09 Å². The predicted octanol–water partition coefficient (Wildman–Crippen LogP) is 2.80. The fourth-order valence-corrected chi connectivity index (χ4v) is 3.26. The van der Waals surface area contributed by atoms with Gasteiger partial charge in [0, 0.05) is 37.2 Å². The van der Waals surface area contributed by atoms with Crippen LogP contribution < -0.4 is 0 Å². The zero-order valence-corrected chi connectivity index (χ0v) is 11.4. The molecule has 4 nitrogen and oxygen atoms in total. The fraction of sp³-hybridized carbons (Fsp3) is 0.500. The third-order valence-electron chi connectivity index (χ3n) is 4.17. The van der Waals surface area contributed by atoms with Crippen LogP contribution in [0.25, 0.3) is 0 Å². The SMILES string of the molecule is O=C(O)N1CCC(N2Cc3ccc(Cl)cc3C2)CC1. The number of hydrogen-bond acceptors (Lipinski definition) is 2. The molecule has 0 atom stereocenters. The van der Waals surface area contributed by atoms with Crippen LogP contribution in [0, 0.1) is 0 Å². The molecule has 1 N–H and O–H groups in total. The van der Waals surface area contributed by atoms with Crippen molar-refractivity contribution < 1.29 is 9.90 Å². The van der Waals surface area contributed by atoms with E-state index in [9.17, 15) is 4.79 Å². The van der Waals surface area contributed by atoms with Gasteiger partial charge in [0.1, 0.15) is 0 Å². The Bertz CT molecular complexity index is 498. The Labute approximate surface area is 117 Å². The Hall–Kier alpha value is -1.26. The highest BCUT2D eigenvalue weighted by atomic mass is 35.5. The topological polar surface area (TPSA) is 43.8 Å². The molecule has 0 saturated carbocycles. The first-order chi connectivity index (χ1) is 9.13. The fourth-order valence-electron chi connectivity index (χ4n) is 3.07. The highest BCUT2D eigenvalue weighted by Gasteiger charge is 2.30. The van der Waals surface area contributed by atoms with Crippen LogP contribution >= 0.6 is 11.6 Å². The van der Waals surface area contributed by atoms with Crippen molar-refractivity contribution >= 4 is 17.7 Å². The monoisotopic (exact) mass is 280 g/mol. The summed E-state index contributed by atoms with van der Waals surface area (Å²) in [7, 11) is 0. The van der Waals surface area contributed by atoms with Gasteiger partial charge in [0.25, 0.3) is 0 Å². The summed E-state index contributed by atoms with van der Waals surface area (Å²) in [6.45, 7) is 3.19. The number of halogens is 1. The number of carbonyl (C=O) groups is 1. The quantitative estimate of drug-likeness (QED) is 0.860. The van der Waals surface area contributed by atoms with Crippen LogP contribution in [0.15, 0.2) is 18.2 Å². The van der Waals surface area contributed by atoms with Gasteiger partial charge in [-0.1, -0.05) is 17.7 Å². The molecule has 2 aliphatic heterocycles. The second-order valence-electron chi connectivity index (χ2n) is 5.32. The molecule has 5 heteroatoms. The number of nitrogens with zero attached hydrogens (tertiary/aromatic N) is 2. The van der Waals surface area contributed by atoms with Crippen molar-refractivity contribution in [1.29, 1.82) is 0 Å². The number of benzene rings is 1. The van der Waals surface area contributed by atoms with Crippen molar-refractivity contribution in [2.75, 3.05) is 13.1 Å². The molecule has 1 aromatic rings. The molecular weight excluding hydrogens is 264 g/mol. The molecule has 1 fully saturated rings. The van der Waals surface area contributed by atoms with Crippen LogP contribution in [0.2, 0.25) is 5.02 Å². The van der Waals surface area contributed by atoms with Crippen molar-refractivity contribution in [3.8, 4) is 0 Å². The summed E-state index contributed by atoms with van der Waals surface area (Å²) >= 11 is 6.02. The Balaban J connectivity index is 1.63. The molecule has 1 amide bonds. The molecule has 0 bridgehead atoms. The first-order valence-corrected chi connectivity index (χ1v) is 7.00. The minimum atomic E-state index is -0.796. The second-order valence-corrected chi connectivity index (χ2v) is 5.76. The van der Waals surface area contributed by atoms with Gasteiger partial charge in [-0.05, 0) is 36.1 Å². The third-order valence-corrected chi connectivity index (χ3v) is 4.40. The number of carboxylic acid groups (broad SMARTS) is 1. The third kappa shape index (κ3) is 2.55. The minimum Gasteiger partial charge on any atom is -0.465 e. The Morgan fingerprint density at radius 2 is 1.89 bits per heavy atom. The van der Waals surface area contributed by atoms with Gasteiger partial charge in [0.2, 0.25) is 0 Å². The van der Waals surface area contributed by atoms with Gasteiger partial charge in [-0.15, -0.1) is 0 Å². The van der Waals surface area contributed by atoms with Crippen LogP contribution in [0.5, 0.6) is 0 Å². The van der Waals surface area contributed by atoms with Crippen molar-refractivity contribution in [2.45, 2.75) is 32.0 Å². The molecule has 0 radical (unpaired) electrons. The minimum absolute atomic E-state index is 0.488. The average molecular weight is 281 g/mol. The van der Waals surface area contributed by atoms with Crippen LogP contribution in [-0.4, -0.2) is 40.1 Å². The van der Waals surface area contributed by atoms with Crippen molar-refractivity contribution in [3.63, 3.8) is 0 Å². The van der Waals surface area contributed by atoms with Crippen LogP contribution in [0.1, 0.15) is 24.0 Å². The highest BCUT2D eigenvalue weighted by molar-refractivity contribution is 6.30. The molecule has 2 aliphatic rings. The Kier molecular flexibility index (Phi) is 3.37. The normalized spacial score (nSPS) is 20.6. The molecule has 0 unspecified atom stereocenters. The van der Waals surface area contributed by atoms with Crippen molar-refractivity contribution in [3.05, 3.63) is 34.3 Å². The van der Waals surface area contributed by atoms with E-state index in [0.29, 0.717) is 19.1 Å². The summed E-state index contributed by atoms with van der Waals surface area (Å²) in [5.41, 5.74) is 2.67. The number of hydrogen-bond donors (Lipinski definition) is 1. The summed E-state index contributed by atoms with van der Waals surface area (Å²) in [5, 5.41) is 9.75. The number of piperidine rings is 1. The van der Waals surface area contributed by atoms with E-state index in [1.807, 2.05) is 12.1 Å². The van der Waals surface area contributed by atoms with Gasteiger partial charge in [-0.2, -0.15) is 0 Å². The summed E-state index contributed by atoms with van der Waals surface area (Å²) in [5.74, 6) is 0. The lowest BCUT2D eigenvalue weighted by Crippen LogP contribution is -2.44. The maximum atomic E-state index is 10.9. The number of rotatable bonds is 1. The summed E-state index contributed by atoms with van der Waals surface area (Å²) in [4.78, 5) is 14.9. The Morgan fingerprint density at radius 3 is 2.58 bits per heavy atom. The molecule has 0 aliphatic carbocycles. The van der Waals surface area contributed by atoms with Gasteiger partial charge in [-0.25, -0.2) is 4.79 Å². The van der Waals surface area contributed by atoms with E-state index in [1.165, 1.54) is 16.0 Å². The highest BCUT2D eigenvalue weighted by Crippen LogP contribution is 2.30. The van der Waals surface area contributed by atoms with Gasteiger partial charge in [0.15, 0.2) is 0 Å². The van der Waals surface area contributed by atoms with E-state index in [0.717, 1.165) is 31.0 Å². The molecule has 1 saturated heterocycles. The van der Waals surface area contributed by atoms with Gasteiger partial charge in [-0.3, -0.25) is 4.90 Å².